The predicted molar refractivity (Wildman–Crippen MR) is 135 cm³/mol. The lowest BCUT2D eigenvalue weighted by atomic mass is 10.2. The third-order valence-electron chi connectivity index (χ3n) is 5.04. The molecule has 8 nitrogen and oxygen atoms in total. The second-order valence-corrected chi connectivity index (χ2v) is 9.82. The Labute approximate surface area is 210 Å². The Morgan fingerprint density at radius 2 is 1.69 bits per heavy atom. The summed E-state index contributed by atoms with van der Waals surface area (Å²) in [5.41, 5.74) is 1.06. The lowest BCUT2D eigenvalue weighted by Crippen LogP contribution is -2.42. The molecule has 35 heavy (non-hydrogen) atoms. The van der Waals surface area contributed by atoms with Crippen molar-refractivity contribution in [3.05, 3.63) is 77.3 Å². The minimum Gasteiger partial charge on any atom is -0.497 e. The molecule has 0 aliphatic rings. The Hall–Kier alpha value is -3.43. The fourth-order valence-electron chi connectivity index (χ4n) is 3.23. The fourth-order valence-corrected chi connectivity index (χ4v) is 4.82. The number of ether oxygens (including phenoxy) is 3. The maximum Gasteiger partial charge on any atom is 0.264 e. The van der Waals surface area contributed by atoms with Crippen LogP contribution in [0.2, 0.25) is 5.02 Å². The van der Waals surface area contributed by atoms with Gasteiger partial charge in [-0.15, -0.1) is 0 Å². The Bertz CT molecular complexity index is 1270. The molecule has 0 atom stereocenters. The first-order valence-electron chi connectivity index (χ1n) is 10.7. The molecule has 0 aliphatic carbocycles. The fraction of sp³-hybridized carbons (Fsp3) is 0.240. The van der Waals surface area contributed by atoms with Crippen molar-refractivity contribution in [2.45, 2.75) is 11.8 Å². The molecule has 0 aliphatic heterocycles. The zero-order valence-electron chi connectivity index (χ0n) is 19.7. The van der Waals surface area contributed by atoms with Crippen LogP contribution in [0.4, 0.5) is 5.69 Å². The van der Waals surface area contributed by atoms with Crippen LogP contribution in [-0.2, 0) is 14.8 Å². The topological polar surface area (TPSA) is 94.2 Å². The summed E-state index contributed by atoms with van der Waals surface area (Å²) in [4.78, 5) is 12.8. The second kappa shape index (κ2) is 11.8. The van der Waals surface area contributed by atoms with Crippen LogP contribution in [0.15, 0.2) is 71.6 Å². The summed E-state index contributed by atoms with van der Waals surface area (Å²) in [6, 6.07) is 18.0. The molecule has 0 saturated heterocycles. The molecule has 0 fully saturated rings. The molecule has 1 N–H and O–H groups in total. The van der Waals surface area contributed by atoms with E-state index < -0.39 is 22.5 Å². The lowest BCUT2D eigenvalue weighted by Gasteiger charge is -2.26. The number of aryl methyl sites for hydroxylation is 1. The van der Waals surface area contributed by atoms with Gasteiger partial charge < -0.3 is 19.5 Å². The van der Waals surface area contributed by atoms with Gasteiger partial charge in [-0.25, -0.2) is 8.42 Å². The molecule has 0 heterocycles. The molecule has 0 saturated carbocycles. The van der Waals surface area contributed by atoms with E-state index in [4.69, 9.17) is 25.8 Å². The molecule has 3 aromatic carbocycles. The molecular weight excluding hydrogens is 492 g/mol. The van der Waals surface area contributed by atoms with Gasteiger partial charge in [0.05, 0.1) is 31.3 Å². The molecule has 0 bridgehead atoms. The number of carbonyl (C=O) groups is 1. The van der Waals surface area contributed by atoms with Crippen LogP contribution < -0.4 is 23.8 Å². The van der Waals surface area contributed by atoms with Crippen molar-refractivity contribution in [3.8, 4) is 17.2 Å². The molecule has 1 amide bonds. The summed E-state index contributed by atoms with van der Waals surface area (Å²) in [6.45, 7) is 1.73. The van der Waals surface area contributed by atoms with Crippen LogP contribution in [0.25, 0.3) is 0 Å². The number of methoxy groups -OCH3 is 2. The summed E-state index contributed by atoms with van der Waals surface area (Å²) in [6.07, 6.45) is 0. The van der Waals surface area contributed by atoms with Gasteiger partial charge >= 0.3 is 0 Å². The van der Waals surface area contributed by atoms with Gasteiger partial charge in [0.25, 0.3) is 10.0 Å². The molecule has 0 aromatic heterocycles. The standard InChI is InChI=1S/C25H27ClN2O6S/c1-18-7-10-22(11-8-18)35(30,31)28(23-15-19(26)9-12-24(23)33-3)17-25(29)27-13-14-34-21-6-4-5-20(16-21)32-2/h4-12,15-16H,13-14,17H2,1-3H3,(H,27,29). The number of hydrogen-bond donors (Lipinski definition) is 1. The normalized spacial score (nSPS) is 11.0. The number of nitrogens with one attached hydrogen (secondary N) is 1. The van der Waals surface area contributed by atoms with E-state index in [-0.39, 0.29) is 29.5 Å². The van der Waals surface area contributed by atoms with Crippen molar-refractivity contribution in [2.75, 3.05) is 38.2 Å². The maximum absolute atomic E-state index is 13.5. The number of sulfonamides is 1. The Morgan fingerprint density at radius 1 is 0.971 bits per heavy atom. The number of hydrogen-bond acceptors (Lipinski definition) is 6. The molecule has 0 spiro atoms. The predicted octanol–water partition coefficient (Wildman–Crippen LogP) is 4.06. The van der Waals surface area contributed by atoms with E-state index in [1.54, 1.807) is 55.6 Å². The van der Waals surface area contributed by atoms with Gasteiger partial charge in [-0.2, -0.15) is 0 Å². The summed E-state index contributed by atoms with van der Waals surface area (Å²) < 4.78 is 44.2. The van der Waals surface area contributed by atoms with Gasteiger partial charge in [-0.05, 0) is 49.4 Å². The zero-order valence-corrected chi connectivity index (χ0v) is 21.2. The van der Waals surface area contributed by atoms with E-state index in [9.17, 15) is 13.2 Å². The van der Waals surface area contributed by atoms with Gasteiger partial charge in [-0.3, -0.25) is 9.10 Å². The summed E-state index contributed by atoms with van der Waals surface area (Å²) in [7, 11) is -1.13. The lowest BCUT2D eigenvalue weighted by molar-refractivity contribution is -0.119. The average molecular weight is 519 g/mol. The van der Waals surface area contributed by atoms with E-state index in [1.807, 2.05) is 6.92 Å². The summed E-state index contributed by atoms with van der Waals surface area (Å²) in [5, 5.41) is 2.99. The van der Waals surface area contributed by atoms with Crippen molar-refractivity contribution in [1.82, 2.24) is 5.32 Å². The Balaban J connectivity index is 1.77. The van der Waals surface area contributed by atoms with Gasteiger partial charge in [0.2, 0.25) is 5.91 Å². The highest BCUT2D eigenvalue weighted by Crippen LogP contribution is 2.34. The quantitative estimate of drug-likeness (QED) is 0.385. The summed E-state index contributed by atoms with van der Waals surface area (Å²) >= 11 is 6.15. The first kappa shape index (κ1) is 26.2. The largest absolute Gasteiger partial charge is 0.497 e. The first-order chi connectivity index (χ1) is 16.7. The minimum absolute atomic E-state index is 0.0410. The van der Waals surface area contributed by atoms with Crippen LogP contribution in [0, 0.1) is 6.92 Å². The van der Waals surface area contributed by atoms with Gasteiger partial charge in [0.15, 0.2) is 0 Å². The Morgan fingerprint density at radius 3 is 2.37 bits per heavy atom. The number of anilines is 1. The molecule has 0 radical (unpaired) electrons. The highest BCUT2D eigenvalue weighted by Gasteiger charge is 2.29. The van der Waals surface area contributed by atoms with Crippen LogP contribution in [0.3, 0.4) is 0 Å². The zero-order chi connectivity index (χ0) is 25.4. The Kier molecular flexibility index (Phi) is 8.84. The number of benzene rings is 3. The van der Waals surface area contributed by atoms with Gasteiger partial charge in [0.1, 0.15) is 30.4 Å². The molecule has 0 unspecified atom stereocenters. The second-order valence-electron chi connectivity index (χ2n) is 7.52. The molecular formula is C25H27ClN2O6S. The van der Waals surface area contributed by atoms with E-state index in [2.05, 4.69) is 5.32 Å². The number of nitrogens with zero attached hydrogens (tertiary/aromatic N) is 1. The van der Waals surface area contributed by atoms with Gasteiger partial charge in [0, 0.05) is 11.1 Å². The van der Waals surface area contributed by atoms with Crippen molar-refractivity contribution < 1.29 is 27.4 Å². The number of rotatable bonds is 11. The molecule has 186 valence electrons. The van der Waals surface area contributed by atoms with Crippen molar-refractivity contribution in [3.63, 3.8) is 0 Å². The third kappa shape index (κ3) is 6.80. The number of carbonyl (C=O) groups excluding carboxylic acids is 1. The highest BCUT2D eigenvalue weighted by atomic mass is 35.5. The number of halogens is 1. The van der Waals surface area contributed by atoms with Crippen molar-refractivity contribution in [1.29, 1.82) is 0 Å². The summed E-state index contributed by atoms with van der Waals surface area (Å²) in [5.74, 6) is 0.987. The molecule has 3 rings (SSSR count). The van der Waals surface area contributed by atoms with E-state index >= 15 is 0 Å². The SMILES string of the molecule is COc1cccc(OCCNC(=O)CN(c2cc(Cl)ccc2OC)S(=O)(=O)c2ccc(C)cc2)c1. The maximum atomic E-state index is 13.5. The van der Waals surface area contributed by atoms with Gasteiger partial charge in [-0.1, -0.05) is 35.4 Å². The van der Waals surface area contributed by atoms with Crippen LogP contribution >= 0.6 is 11.6 Å². The van der Waals surface area contributed by atoms with Crippen LogP contribution in [-0.4, -0.2) is 48.2 Å². The monoisotopic (exact) mass is 518 g/mol. The minimum atomic E-state index is -4.11. The van der Waals surface area contributed by atoms with Crippen LogP contribution in [0.5, 0.6) is 17.2 Å². The first-order valence-corrected chi connectivity index (χ1v) is 12.5. The smallest absolute Gasteiger partial charge is 0.264 e. The molecule has 3 aromatic rings. The number of amides is 1. The van der Waals surface area contributed by atoms with Crippen molar-refractivity contribution >= 4 is 33.2 Å². The molecule has 10 heteroatoms. The van der Waals surface area contributed by atoms with E-state index in [0.29, 0.717) is 16.5 Å². The average Bonchev–Trinajstić information content (AvgIpc) is 2.85. The van der Waals surface area contributed by atoms with Crippen LogP contribution in [0.1, 0.15) is 5.56 Å². The van der Waals surface area contributed by atoms with E-state index in [0.717, 1.165) is 9.87 Å². The third-order valence-corrected chi connectivity index (χ3v) is 7.05. The van der Waals surface area contributed by atoms with E-state index in [1.165, 1.54) is 25.3 Å². The van der Waals surface area contributed by atoms with Crippen molar-refractivity contribution in [2.24, 2.45) is 0 Å². The highest BCUT2D eigenvalue weighted by molar-refractivity contribution is 7.92.